The molecule has 0 aromatic carbocycles. The van der Waals surface area contributed by atoms with Crippen LogP contribution < -0.4 is 5.46 Å². The highest BCUT2D eigenvalue weighted by Crippen LogP contribution is 2.36. The van der Waals surface area contributed by atoms with Crippen LogP contribution in [0.15, 0.2) is 6.20 Å². The molecule has 1 aromatic heterocycles. The summed E-state index contributed by atoms with van der Waals surface area (Å²) in [4.78, 5) is 2.30. The highest BCUT2D eigenvalue weighted by molar-refractivity contribution is 6.62. The van der Waals surface area contributed by atoms with E-state index in [2.05, 4.69) is 49.4 Å². The molecule has 0 N–H and O–H groups in total. The second-order valence-electron chi connectivity index (χ2n) is 6.60. The predicted octanol–water partition coefficient (Wildman–Crippen LogP) is 0.628. The van der Waals surface area contributed by atoms with E-state index in [1.165, 1.54) is 5.69 Å². The van der Waals surface area contributed by atoms with E-state index in [0.29, 0.717) is 0 Å². The Morgan fingerprint density at radius 2 is 1.79 bits per heavy atom. The van der Waals surface area contributed by atoms with Gasteiger partial charge in [-0.15, -0.1) is 0 Å². The Morgan fingerprint density at radius 3 is 2.42 bits per heavy atom. The molecule has 0 bridgehead atoms. The van der Waals surface area contributed by atoms with Gasteiger partial charge in [-0.1, -0.05) is 0 Å². The predicted molar refractivity (Wildman–Crippen MR) is 74.3 cm³/mol. The van der Waals surface area contributed by atoms with Gasteiger partial charge in [-0.3, -0.25) is 9.58 Å². The summed E-state index contributed by atoms with van der Waals surface area (Å²) in [7, 11) is 1.82. The minimum absolute atomic E-state index is 0.299. The standard InChI is InChI=1S/C13H22BN3O2/c1-12(2)13(3,4)19-14(18-12)10-8-15-17-7-6-16(5)9-11(10)17/h8H,6-7,9H2,1-5H3. The summed E-state index contributed by atoms with van der Waals surface area (Å²) >= 11 is 0. The average Bonchev–Trinajstić information content (AvgIpc) is 2.77. The van der Waals surface area contributed by atoms with Crippen LogP contribution in [-0.2, 0) is 22.4 Å². The number of hydrogen-bond acceptors (Lipinski definition) is 4. The van der Waals surface area contributed by atoms with Gasteiger partial charge in [0.2, 0.25) is 0 Å². The summed E-state index contributed by atoms with van der Waals surface area (Å²) in [6.45, 7) is 11.2. The van der Waals surface area contributed by atoms with E-state index in [1.54, 1.807) is 0 Å². The van der Waals surface area contributed by atoms with E-state index >= 15 is 0 Å². The molecule has 1 aromatic rings. The second-order valence-corrected chi connectivity index (χ2v) is 6.60. The summed E-state index contributed by atoms with van der Waals surface area (Å²) in [6.07, 6.45) is 1.90. The first-order valence-corrected chi connectivity index (χ1v) is 6.89. The van der Waals surface area contributed by atoms with Crippen molar-refractivity contribution in [1.29, 1.82) is 0 Å². The van der Waals surface area contributed by atoms with E-state index in [-0.39, 0.29) is 18.3 Å². The van der Waals surface area contributed by atoms with Gasteiger partial charge in [0.1, 0.15) is 0 Å². The second kappa shape index (κ2) is 4.07. The fraction of sp³-hybridized carbons (Fsp3) is 0.769. The number of rotatable bonds is 1. The summed E-state index contributed by atoms with van der Waals surface area (Å²) in [6, 6.07) is 0. The fourth-order valence-corrected chi connectivity index (χ4v) is 2.56. The van der Waals surface area contributed by atoms with Crippen molar-refractivity contribution in [3.05, 3.63) is 11.9 Å². The van der Waals surface area contributed by atoms with Crippen molar-refractivity contribution in [2.45, 2.75) is 52.0 Å². The van der Waals surface area contributed by atoms with Crippen LogP contribution in [0.1, 0.15) is 33.4 Å². The maximum absolute atomic E-state index is 6.12. The lowest BCUT2D eigenvalue weighted by atomic mass is 9.79. The molecule has 1 saturated heterocycles. The molecule has 0 saturated carbocycles. The molecule has 3 rings (SSSR count). The van der Waals surface area contributed by atoms with Crippen molar-refractivity contribution in [1.82, 2.24) is 14.7 Å². The van der Waals surface area contributed by atoms with E-state index in [9.17, 15) is 0 Å². The molecule has 6 heteroatoms. The van der Waals surface area contributed by atoms with Crippen molar-refractivity contribution in [3.8, 4) is 0 Å². The molecule has 1 fully saturated rings. The monoisotopic (exact) mass is 263 g/mol. The van der Waals surface area contributed by atoms with Crippen LogP contribution in [0.2, 0.25) is 0 Å². The lowest BCUT2D eigenvalue weighted by Gasteiger charge is -2.32. The SMILES string of the molecule is CN1CCn2ncc(B3OC(C)(C)C(C)(C)O3)c2C1. The Balaban J connectivity index is 1.91. The van der Waals surface area contributed by atoms with Gasteiger partial charge in [0.25, 0.3) is 0 Å². The van der Waals surface area contributed by atoms with Gasteiger partial charge in [0, 0.05) is 24.7 Å². The Hall–Kier alpha value is -0.845. The first kappa shape index (κ1) is 13.2. The summed E-state index contributed by atoms with van der Waals surface area (Å²) in [5.41, 5.74) is 1.69. The number of aromatic nitrogens is 2. The zero-order valence-corrected chi connectivity index (χ0v) is 12.4. The normalized spacial score (nSPS) is 25.6. The average molecular weight is 263 g/mol. The molecule has 0 spiro atoms. The molecule has 0 radical (unpaired) electrons. The van der Waals surface area contributed by atoms with Crippen molar-refractivity contribution >= 4 is 12.6 Å². The minimum atomic E-state index is -0.305. The molecule has 19 heavy (non-hydrogen) atoms. The van der Waals surface area contributed by atoms with Crippen LogP contribution in [0.4, 0.5) is 0 Å². The Labute approximate surface area is 115 Å². The molecule has 0 unspecified atom stereocenters. The third-order valence-corrected chi connectivity index (χ3v) is 4.60. The van der Waals surface area contributed by atoms with E-state index < -0.39 is 0 Å². The summed E-state index contributed by atoms with van der Waals surface area (Å²) in [5.74, 6) is 0. The topological polar surface area (TPSA) is 39.5 Å². The van der Waals surface area contributed by atoms with Crippen molar-refractivity contribution in [2.24, 2.45) is 0 Å². The largest absolute Gasteiger partial charge is 0.498 e. The van der Waals surface area contributed by atoms with Crippen LogP contribution in [0, 0.1) is 0 Å². The Bertz CT molecular complexity index is 482. The number of fused-ring (bicyclic) bond motifs is 1. The van der Waals surface area contributed by atoms with Gasteiger partial charge in [0.05, 0.1) is 23.4 Å². The minimum Gasteiger partial charge on any atom is -0.399 e. The van der Waals surface area contributed by atoms with E-state index in [1.807, 2.05) is 6.20 Å². The quantitative estimate of drug-likeness (QED) is 0.697. The van der Waals surface area contributed by atoms with Gasteiger partial charge in [-0.25, -0.2) is 0 Å². The highest BCUT2D eigenvalue weighted by atomic mass is 16.7. The number of nitrogens with zero attached hydrogens (tertiary/aromatic N) is 3. The molecule has 5 nitrogen and oxygen atoms in total. The third kappa shape index (κ3) is 2.02. The maximum Gasteiger partial charge on any atom is 0.498 e. The van der Waals surface area contributed by atoms with Gasteiger partial charge in [-0.05, 0) is 34.7 Å². The van der Waals surface area contributed by atoms with E-state index in [0.717, 1.165) is 25.1 Å². The van der Waals surface area contributed by atoms with Gasteiger partial charge < -0.3 is 9.31 Å². The highest BCUT2D eigenvalue weighted by Gasteiger charge is 2.52. The van der Waals surface area contributed by atoms with Crippen molar-refractivity contribution in [3.63, 3.8) is 0 Å². The van der Waals surface area contributed by atoms with Crippen LogP contribution >= 0.6 is 0 Å². The molecular weight excluding hydrogens is 241 g/mol. The number of hydrogen-bond donors (Lipinski definition) is 0. The number of likely N-dealkylation sites (N-methyl/N-ethyl adjacent to an activating group) is 1. The zero-order valence-electron chi connectivity index (χ0n) is 12.4. The molecule has 3 heterocycles. The van der Waals surface area contributed by atoms with Crippen LogP contribution in [-0.4, -0.2) is 46.6 Å². The van der Waals surface area contributed by atoms with Gasteiger partial charge in [0.15, 0.2) is 0 Å². The summed E-state index contributed by atoms with van der Waals surface area (Å²) in [5, 5.41) is 4.46. The van der Waals surface area contributed by atoms with E-state index in [4.69, 9.17) is 9.31 Å². The first-order valence-electron chi connectivity index (χ1n) is 6.89. The third-order valence-electron chi connectivity index (χ3n) is 4.60. The van der Waals surface area contributed by atoms with Gasteiger partial charge >= 0.3 is 7.12 Å². The van der Waals surface area contributed by atoms with Crippen LogP contribution in [0.25, 0.3) is 0 Å². The maximum atomic E-state index is 6.12. The first-order chi connectivity index (χ1) is 8.80. The Kier molecular flexibility index (Phi) is 2.82. The fourth-order valence-electron chi connectivity index (χ4n) is 2.56. The van der Waals surface area contributed by atoms with Gasteiger partial charge in [-0.2, -0.15) is 5.10 Å². The molecule has 2 aliphatic heterocycles. The smallest absolute Gasteiger partial charge is 0.399 e. The zero-order chi connectivity index (χ0) is 13.8. The van der Waals surface area contributed by atoms with Crippen LogP contribution in [0.5, 0.6) is 0 Å². The molecule has 2 aliphatic rings. The molecule has 0 amide bonds. The molecular formula is C13H22BN3O2. The lowest BCUT2D eigenvalue weighted by Crippen LogP contribution is -2.41. The van der Waals surface area contributed by atoms with Crippen molar-refractivity contribution in [2.75, 3.05) is 13.6 Å². The van der Waals surface area contributed by atoms with Crippen LogP contribution in [0.3, 0.4) is 0 Å². The Morgan fingerprint density at radius 1 is 1.16 bits per heavy atom. The van der Waals surface area contributed by atoms with Crippen molar-refractivity contribution < 1.29 is 9.31 Å². The lowest BCUT2D eigenvalue weighted by molar-refractivity contribution is 0.00578. The summed E-state index contributed by atoms with van der Waals surface area (Å²) < 4.78 is 14.3. The molecule has 0 atom stereocenters. The molecule has 0 aliphatic carbocycles. The molecule has 104 valence electrons.